The molecule has 5 rings (SSSR count). The predicted octanol–water partition coefficient (Wildman–Crippen LogP) is 3.54. The van der Waals surface area contributed by atoms with Crippen LogP contribution < -0.4 is 15.4 Å². The Morgan fingerprint density at radius 3 is 2.81 bits per heavy atom. The quantitative estimate of drug-likeness (QED) is 0.296. The lowest BCUT2D eigenvalue weighted by Gasteiger charge is -2.15. The Hall–Kier alpha value is -3.20. The Labute approximate surface area is 222 Å². The summed E-state index contributed by atoms with van der Waals surface area (Å²) in [5, 5.41) is 16.0. The minimum Gasteiger partial charge on any atom is -0.382 e. The Morgan fingerprint density at radius 2 is 2.03 bits per heavy atom. The average Bonchev–Trinajstić information content (AvgIpc) is 3.58. The van der Waals surface area contributed by atoms with E-state index in [0.717, 1.165) is 33.4 Å². The Bertz CT molecular complexity index is 1550. The van der Waals surface area contributed by atoms with Crippen molar-refractivity contribution in [3.8, 4) is 10.6 Å². The van der Waals surface area contributed by atoms with Crippen molar-refractivity contribution < 1.29 is 13.2 Å². The van der Waals surface area contributed by atoms with E-state index in [4.69, 9.17) is 0 Å². The lowest BCUT2D eigenvalue weighted by Crippen LogP contribution is -2.37. The van der Waals surface area contributed by atoms with E-state index >= 15 is 0 Å². The van der Waals surface area contributed by atoms with Crippen LogP contribution in [-0.2, 0) is 10.0 Å². The number of fused-ring (bicyclic) bond motifs is 1. The summed E-state index contributed by atoms with van der Waals surface area (Å²) in [6, 6.07) is 7.74. The van der Waals surface area contributed by atoms with Gasteiger partial charge in [0.1, 0.15) is 5.82 Å². The van der Waals surface area contributed by atoms with Crippen molar-refractivity contribution >= 4 is 66.0 Å². The number of carbonyl (C=O) groups excluding carboxylic acids is 1. The maximum Gasteiger partial charge on any atom is 0.284 e. The maximum atomic E-state index is 13.0. The van der Waals surface area contributed by atoms with Gasteiger partial charge in [-0.2, -0.15) is 0 Å². The van der Waals surface area contributed by atoms with Gasteiger partial charge in [-0.05, 0) is 38.5 Å². The van der Waals surface area contributed by atoms with Gasteiger partial charge in [0.25, 0.3) is 5.91 Å². The number of amides is 1. The fraction of sp³-hybridized carbons (Fsp3) is 0.348. The summed E-state index contributed by atoms with van der Waals surface area (Å²) >= 11 is 2.77. The molecule has 1 aliphatic heterocycles. The molecule has 1 aromatic carbocycles. The number of carbonyl (C=O) groups is 1. The number of rotatable bonds is 8. The Kier molecular flexibility index (Phi) is 7.07. The summed E-state index contributed by atoms with van der Waals surface area (Å²) in [6.07, 6.45) is 3.39. The smallest absolute Gasteiger partial charge is 0.284 e. The highest BCUT2D eigenvalue weighted by Gasteiger charge is 2.30. The molecular formula is C23H26N8O3S3. The molecule has 11 nitrogen and oxygen atoms in total. The van der Waals surface area contributed by atoms with Gasteiger partial charge < -0.3 is 15.5 Å². The molecule has 0 bridgehead atoms. The number of thiazole rings is 1. The van der Waals surface area contributed by atoms with E-state index in [1.807, 2.05) is 43.6 Å². The molecule has 1 atom stereocenters. The van der Waals surface area contributed by atoms with Gasteiger partial charge in [0.2, 0.25) is 15.0 Å². The van der Waals surface area contributed by atoms with E-state index in [2.05, 4.69) is 35.5 Å². The number of hydrogen-bond acceptors (Lipinski definition) is 11. The first kappa shape index (κ1) is 25.4. The standard InChI is InChI=1S/C23H26N8O3S3/c1-13(2)26-18-9-20(27-14-4-5-17-19(8-14)35-12-25-17)24-10-16(18)21-28-29-22(36-21)23(32)31-7-6-15(11-31)30-37(3,33)34/h4-5,8-10,12-13,15,30H,6-7,11H2,1-3H3,(H2,24,26,27). The Balaban J connectivity index is 1.35. The van der Waals surface area contributed by atoms with Crippen LogP contribution in [0.3, 0.4) is 0 Å². The lowest BCUT2D eigenvalue weighted by molar-refractivity contribution is 0.0789. The summed E-state index contributed by atoms with van der Waals surface area (Å²) in [5.74, 6) is 0.405. The van der Waals surface area contributed by atoms with Gasteiger partial charge in [-0.15, -0.1) is 21.5 Å². The number of pyridine rings is 1. The van der Waals surface area contributed by atoms with Crippen LogP contribution in [0.15, 0.2) is 36.0 Å². The molecule has 0 radical (unpaired) electrons. The van der Waals surface area contributed by atoms with Crippen LogP contribution in [0.2, 0.25) is 0 Å². The Morgan fingerprint density at radius 1 is 1.19 bits per heavy atom. The zero-order valence-electron chi connectivity index (χ0n) is 20.4. The van der Waals surface area contributed by atoms with E-state index in [0.29, 0.717) is 30.3 Å². The molecule has 194 valence electrons. The van der Waals surface area contributed by atoms with Crippen molar-refractivity contribution in [2.24, 2.45) is 0 Å². The SMILES string of the molecule is CC(C)Nc1cc(Nc2ccc3ncsc3c2)ncc1-c1nnc(C(=O)N2CCC(NS(C)(=O)=O)C2)s1. The highest BCUT2D eigenvalue weighted by atomic mass is 32.2. The summed E-state index contributed by atoms with van der Waals surface area (Å²) in [6.45, 7) is 4.84. The number of anilines is 3. The fourth-order valence-corrected chi connectivity index (χ4v) is 6.45. The minimum atomic E-state index is -3.33. The van der Waals surface area contributed by atoms with Gasteiger partial charge in [-0.3, -0.25) is 4.79 Å². The normalized spacial score (nSPS) is 16.0. The number of nitrogens with zero attached hydrogens (tertiary/aromatic N) is 5. The molecule has 14 heteroatoms. The predicted molar refractivity (Wildman–Crippen MR) is 147 cm³/mol. The molecule has 0 spiro atoms. The number of benzene rings is 1. The first-order valence-corrected chi connectivity index (χ1v) is 15.2. The van der Waals surface area contributed by atoms with Crippen LogP contribution in [0, 0.1) is 0 Å². The molecule has 0 aliphatic carbocycles. The molecule has 1 unspecified atom stereocenters. The van der Waals surface area contributed by atoms with Crippen molar-refractivity contribution in [2.45, 2.75) is 32.4 Å². The van der Waals surface area contributed by atoms with E-state index in [9.17, 15) is 13.2 Å². The number of nitrogens with one attached hydrogen (secondary N) is 3. The van der Waals surface area contributed by atoms with Crippen LogP contribution in [0.5, 0.6) is 0 Å². The zero-order valence-corrected chi connectivity index (χ0v) is 22.9. The number of hydrogen-bond donors (Lipinski definition) is 3. The second-order valence-electron chi connectivity index (χ2n) is 9.11. The average molecular weight is 559 g/mol. The summed E-state index contributed by atoms with van der Waals surface area (Å²) in [5.41, 5.74) is 5.25. The van der Waals surface area contributed by atoms with Gasteiger partial charge in [0, 0.05) is 48.8 Å². The first-order valence-electron chi connectivity index (χ1n) is 11.6. The highest BCUT2D eigenvalue weighted by molar-refractivity contribution is 7.88. The van der Waals surface area contributed by atoms with Crippen molar-refractivity contribution in [1.82, 2.24) is 29.8 Å². The molecule has 0 saturated carbocycles. The topological polar surface area (TPSA) is 142 Å². The monoisotopic (exact) mass is 558 g/mol. The van der Waals surface area contributed by atoms with Crippen LogP contribution in [-0.4, -0.2) is 70.8 Å². The maximum absolute atomic E-state index is 13.0. The van der Waals surface area contributed by atoms with Crippen molar-refractivity contribution in [1.29, 1.82) is 0 Å². The molecule has 4 aromatic rings. The largest absolute Gasteiger partial charge is 0.382 e. The number of sulfonamides is 1. The van der Waals surface area contributed by atoms with Gasteiger partial charge >= 0.3 is 0 Å². The third-order valence-corrected chi connectivity index (χ3v) is 8.14. The summed E-state index contributed by atoms with van der Waals surface area (Å²) in [7, 11) is -3.33. The zero-order chi connectivity index (χ0) is 26.2. The summed E-state index contributed by atoms with van der Waals surface area (Å²) in [4.78, 5) is 23.5. The molecule has 1 aliphatic rings. The van der Waals surface area contributed by atoms with Crippen molar-refractivity contribution in [2.75, 3.05) is 30.0 Å². The number of aromatic nitrogens is 4. The molecule has 1 saturated heterocycles. The lowest BCUT2D eigenvalue weighted by atomic mass is 10.2. The second kappa shape index (κ2) is 10.3. The van der Waals surface area contributed by atoms with Gasteiger partial charge in [-0.1, -0.05) is 11.3 Å². The van der Waals surface area contributed by atoms with Crippen LogP contribution in [0.4, 0.5) is 17.2 Å². The van der Waals surface area contributed by atoms with Crippen molar-refractivity contribution in [3.05, 3.63) is 41.0 Å². The van der Waals surface area contributed by atoms with E-state index < -0.39 is 10.0 Å². The van der Waals surface area contributed by atoms with E-state index in [1.165, 1.54) is 11.3 Å². The van der Waals surface area contributed by atoms with Gasteiger partial charge in [-0.25, -0.2) is 23.1 Å². The molecule has 3 N–H and O–H groups in total. The highest BCUT2D eigenvalue weighted by Crippen LogP contribution is 2.33. The molecular weight excluding hydrogens is 533 g/mol. The molecule has 1 fully saturated rings. The van der Waals surface area contributed by atoms with E-state index in [1.54, 1.807) is 22.4 Å². The molecule has 1 amide bonds. The minimum absolute atomic E-state index is 0.153. The molecule has 37 heavy (non-hydrogen) atoms. The van der Waals surface area contributed by atoms with Crippen molar-refractivity contribution in [3.63, 3.8) is 0 Å². The molecule has 4 heterocycles. The first-order chi connectivity index (χ1) is 17.6. The fourth-order valence-electron chi connectivity index (χ4n) is 4.10. The molecule has 3 aromatic heterocycles. The van der Waals surface area contributed by atoms with Crippen LogP contribution in [0.25, 0.3) is 20.8 Å². The van der Waals surface area contributed by atoms with Crippen LogP contribution in [0.1, 0.15) is 30.1 Å². The van der Waals surface area contributed by atoms with E-state index in [-0.39, 0.29) is 23.0 Å². The van der Waals surface area contributed by atoms with Crippen LogP contribution >= 0.6 is 22.7 Å². The third-order valence-electron chi connectivity index (χ3n) is 5.65. The van der Waals surface area contributed by atoms with Gasteiger partial charge in [0.15, 0.2) is 5.01 Å². The second-order valence-corrected chi connectivity index (χ2v) is 12.8. The van der Waals surface area contributed by atoms with Gasteiger partial charge in [0.05, 0.1) is 27.5 Å². The third kappa shape index (κ3) is 6.04. The number of likely N-dealkylation sites (tertiary alicyclic amines) is 1. The summed E-state index contributed by atoms with van der Waals surface area (Å²) < 4.78 is 26.7.